The van der Waals surface area contributed by atoms with Crippen LogP contribution in [0.25, 0.3) is 10.9 Å². The summed E-state index contributed by atoms with van der Waals surface area (Å²) in [6, 6.07) is 3.69. The zero-order valence-corrected chi connectivity index (χ0v) is 12.7. The minimum absolute atomic E-state index is 0.276. The zero-order chi connectivity index (χ0) is 13.7. The molecular formula is C14H15BrFN3. The minimum atomic E-state index is -0.276. The molecule has 100 valence electrons. The number of hydrogen-bond donors (Lipinski definition) is 0. The van der Waals surface area contributed by atoms with Crippen molar-refractivity contribution in [3.05, 3.63) is 28.6 Å². The molecule has 0 unspecified atom stereocenters. The van der Waals surface area contributed by atoms with Gasteiger partial charge < -0.3 is 9.80 Å². The smallest absolute Gasteiger partial charge is 0.139 e. The molecule has 0 fully saturated rings. The number of anilines is 2. The summed E-state index contributed by atoms with van der Waals surface area (Å²) in [7, 11) is 2.05. The minimum Gasteiger partial charge on any atom is -0.354 e. The van der Waals surface area contributed by atoms with E-state index in [4.69, 9.17) is 0 Å². The summed E-state index contributed by atoms with van der Waals surface area (Å²) in [6.45, 7) is 5.16. The zero-order valence-electron chi connectivity index (χ0n) is 11.1. The summed E-state index contributed by atoms with van der Waals surface area (Å²) in [5, 5.41) is 0.990. The summed E-state index contributed by atoms with van der Waals surface area (Å²) in [4.78, 5) is 8.84. The molecule has 1 aliphatic heterocycles. The fraction of sp³-hybridized carbons (Fsp3) is 0.357. The lowest BCUT2D eigenvalue weighted by Crippen LogP contribution is -2.33. The van der Waals surface area contributed by atoms with Gasteiger partial charge in [0.05, 0.1) is 34.2 Å². The maximum atomic E-state index is 13.6. The first kappa shape index (κ1) is 12.7. The first-order valence-electron chi connectivity index (χ1n) is 6.24. The molecule has 1 aliphatic rings. The summed E-state index contributed by atoms with van der Waals surface area (Å²) >= 11 is 3.26. The average Bonchev–Trinajstić information content (AvgIpc) is 2.69. The van der Waals surface area contributed by atoms with E-state index in [1.54, 1.807) is 0 Å². The Labute approximate surface area is 120 Å². The van der Waals surface area contributed by atoms with Crippen LogP contribution in [0, 0.1) is 5.82 Å². The topological polar surface area (TPSA) is 19.4 Å². The van der Waals surface area contributed by atoms with E-state index in [-0.39, 0.29) is 5.82 Å². The largest absolute Gasteiger partial charge is 0.354 e. The van der Waals surface area contributed by atoms with Gasteiger partial charge in [0.15, 0.2) is 0 Å². The Morgan fingerprint density at radius 1 is 1.37 bits per heavy atom. The quantitative estimate of drug-likeness (QED) is 0.796. The molecule has 0 atom stereocenters. The summed E-state index contributed by atoms with van der Waals surface area (Å²) in [5.74, 6) is -0.276. The Morgan fingerprint density at radius 3 is 2.79 bits per heavy atom. The Kier molecular flexibility index (Phi) is 2.89. The summed E-state index contributed by atoms with van der Waals surface area (Å²) < 4.78 is 14.1. The van der Waals surface area contributed by atoms with E-state index >= 15 is 0 Å². The van der Waals surface area contributed by atoms with Gasteiger partial charge in [0, 0.05) is 24.5 Å². The highest BCUT2D eigenvalue weighted by Gasteiger charge is 2.28. The predicted octanol–water partition coefficient (Wildman–Crippen LogP) is 3.76. The third-order valence-electron chi connectivity index (χ3n) is 3.55. The van der Waals surface area contributed by atoms with Gasteiger partial charge in [0.1, 0.15) is 5.82 Å². The molecule has 0 bridgehead atoms. The molecule has 0 amide bonds. The highest BCUT2D eigenvalue weighted by Crippen LogP contribution is 2.42. The van der Waals surface area contributed by atoms with Crippen molar-refractivity contribution >= 4 is 38.2 Å². The van der Waals surface area contributed by atoms with Crippen LogP contribution < -0.4 is 9.80 Å². The van der Waals surface area contributed by atoms with Gasteiger partial charge in [-0.05, 0) is 35.8 Å². The van der Waals surface area contributed by atoms with Crippen LogP contribution in [0.2, 0.25) is 0 Å². The number of nitrogens with zero attached hydrogens (tertiary/aromatic N) is 3. The normalized spacial score (nSPS) is 14.6. The SMILES string of the molecule is CC(C)N1CN(C)c2cnc3cc(F)c(Br)cc3c21. The number of aromatic nitrogens is 1. The molecule has 3 rings (SSSR count). The highest BCUT2D eigenvalue weighted by atomic mass is 79.9. The highest BCUT2D eigenvalue weighted by molar-refractivity contribution is 9.10. The number of fused-ring (bicyclic) bond motifs is 3. The van der Waals surface area contributed by atoms with Crippen LogP contribution in [0.15, 0.2) is 22.8 Å². The molecule has 0 aliphatic carbocycles. The maximum Gasteiger partial charge on any atom is 0.139 e. The van der Waals surface area contributed by atoms with E-state index in [0.717, 1.165) is 23.4 Å². The molecule has 5 heteroatoms. The molecule has 0 radical (unpaired) electrons. The molecule has 0 saturated carbocycles. The molecular weight excluding hydrogens is 309 g/mol. The number of rotatable bonds is 1. The Bertz CT molecular complexity index is 657. The van der Waals surface area contributed by atoms with Gasteiger partial charge in [0.25, 0.3) is 0 Å². The van der Waals surface area contributed by atoms with Crippen molar-refractivity contribution in [3.8, 4) is 0 Å². The fourth-order valence-electron chi connectivity index (χ4n) is 2.54. The predicted molar refractivity (Wildman–Crippen MR) is 80.3 cm³/mol. The summed E-state index contributed by atoms with van der Waals surface area (Å²) in [6.07, 6.45) is 1.83. The second kappa shape index (κ2) is 4.34. The van der Waals surface area contributed by atoms with Crippen LogP contribution in [0.3, 0.4) is 0 Å². The lowest BCUT2D eigenvalue weighted by molar-refractivity contribution is 0.623. The second-order valence-corrected chi connectivity index (χ2v) is 6.03. The van der Waals surface area contributed by atoms with Crippen LogP contribution >= 0.6 is 15.9 Å². The lowest BCUT2D eigenvalue weighted by atomic mass is 10.1. The second-order valence-electron chi connectivity index (χ2n) is 5.18. The van der Waals surface area contributed by atoms with Gasteiger partial charge in [-0.1, -0.05) is 0 Å². The van der Waals surface area contributed by atoms with E-state index in [9.17, 15) is 4.39 Å². The first-order valence-corrected chi connectivity index (χ1v) is 7.04. The van der Waals surface area contributed by atoms with Gasteiger partial charge in [-0.3, -0.25) is 4.98 Å². The third-order valence-corrected chi connectivity index (χ3v) is 4.16. The molecule has 1 aromatic carbocycles. The monoisotopic (exact) mass is 323 g/mol. The molecule has 2 aromatic rings. The lowest BCUT2D eigenvalue weighted by Gasteiger charge is -2.24. The average molecular weight is 324 g/mol. The van der Waals surface area contributed by atoms with Gasteiger partial charge in [0.2, 0.25) is 0 Å². The molecule has 3 nitrogen and oxygen atoms in total. The van der Waals surface area contributed by atoms with Crippen LogP contribution in [0.4, 0.5) is 15.8 Å². The van der Waals surface area contributed by atoms with E-state index in [0.29, 0.717) is 16.0 Å². The Hall–Kier alpha value is -1.36. The van der Waals surface area contributed by atoms with Gasteiger partial charge >= 0.3 is 0 Å². The van der Waals surface area contributed by atoms with E-state index in [1.807, 2.05) is 19.3 Å². The molecule has 19 heavy (non-hydrogen) atoms. The molecule has 2 heterocycles. The van der Waals surface area contributed by atoms with Crippen molar-refractivity contribution in [2.75, 3.05) is 23.5 Å². The van der Waals surface area contributed by atoms with Crippen LogP contribution in [-0.4, -0.2) is 24.7 Å². The molecule has 0 saturated heterocycles. The molecule has 0 spiro atoms. The first-order chi connectivity index (χ1) is 8.99. The molecule has 1 aromatic heterocycles. The van der Waals surface area contributed by atoms with Crippen molar-refractivity contribution in [2.45, 2.75) is 19.9 Å². The van der Waals surface area contributed by atoms with Crippen LogP contribution in [0.1, 0.15) is 13.8 Å². The fourth-order valence-corrected chi connectivity index (χ4v) is 2.88. The summed E-state index contributed by atoms with van der Waals surface area (Å²) in [5.41, 5.74) is 2.93. The van der Waals surface area contributed by atoms with Gasteiger partial charge in [-0.2, -0.15) is 0 Å². The van der Waals surface area contributed by atoms with Gasteiger partial charge in [-0.15, -0.1) is 0 Å². The van der Waals surface area contributed by atoms with Crippen LogP contribution in [-0.2, 0) is 0 Å². The van der Waals surface area contributed by atoms with Crippen molar-refractivity contribution in [2.24, 2.45) is 0 Å². The number of benzene rings is 1. The number of halogens is 2. The van der Waals surface area contributed by atoms with Crippen molar-refractivity contribution in [1.82, 2.24) is 4.98 Å². The standard InChI is InChI=1S/C14H15BrFN3/c1-8(2)19-7-18(3)13-6-17-12-5-11(16)10(15)4-9(12)14(13)19/h4-6,8H,7H2,1-3H3. The Morgan fingerprint density at radius 2 is 2.11 bits per heavy atom. The van der Waals surface area contributed by atoms with Crippen molar-refractivity contribution < 1.29 is 4.39 Å². The number of pyridine rings is 1. The van der Waals surface area contributed by atoms with E-state index in [1.165, 1.54) is 6.07 Å². The van der Waals surface area contributed by atoms with Crippen molar-refractivity contribution in [1.29, 1.82) is 0 Å². The van der Waals surface area contributed by atoms with E-state index in [2.05, 4.69) is 44.6 Å². The molecule has 0 N–H and O–H groups in total. The van der Waals surface area contributed by atoms with Crippen molar-refractivity contribution in [3.63, 3.8) is 0 Å². The maximum absolute atomic E-state index is 13.6. The third kappa shape index (κ3) is 1.87. The van der Waals surface area contributed by atoms with E-state index < -0.39 is 0 Å². The number of hydrogen-bond acceptors (Lipinski definition) is 3. The van der Waals surface area contributed by atoms with Crippen LogP contribution in [0.5, 0.6) is 0 Å². The van der Waals surface area contributed by atoms with Gasteiger partial charge in [-0.25, -0.2) is 4.39 Å². The Balaban J connectivity index is 2.33.